The first-order valence-electron chi connectivity index (χ1n) is 4.24. The van der Waals surface area contributed by atoms with Gasteiger partial charge in [-0.2, -0.15) is 0 Å². The smallest absolute Gasteiger partial charge is 0.233 e. The predicted octanol–water partition coefficient (Wildman–Crippen LogP) is -0.265. The molecule has 0 aromatic rings. The summed E-state index contributed by atoms with van der Waals surface area (Å²) < 4.78 is 0. The third kappa shape index (κ3) is 3.99. The Labute approximate surface area is 72.9 Å². The molecular weight excluding hydrogens is 152 g/mol. The Kier molecular flexibility index (Phi) is 3.62. The van der Waals surface area contributed by atoms with Crippen molar-refractivity contribution in [3.05, 3.63) is 0 Å². The van der Waals surface area contributed by atoms with Gasteiger partial charge in [-0.1, -0.05) is 5.92 Å². The van der Waals surface area contributed by atoms with E-state index in [4.69, 9.17) is 6.42 Å². The number of carbonyl (C=O) groups is 1. The largest absolute Gasteiger partial charge is 0.355 e. The van der Waals surface area contributed by atoms with Crippen LogP contribution in [0.1, 0.15) is 12.8 Å². The molecule has 0 radical (unpaired) electrons. The summed E-state index contributed by atoms with van der Waals surface area (Å²) in [6.07, 6.45) is 7.53. The third-order valence-corrected chi connectivity index (χ3v) is 1.80. The maximum atomic E-state index is 11.0. The predicted molar refractivity (Wildman–Crippen MR) is 47.4 cm³/mol. The van der Waals surface area contributed by atoms with Gasteiger partial charge in [-0.15, -0.1) is 6.42 Å². The summed E-state index contributed by atoms with van der Waals surface area (Å²) in [5, 5.41) is 5.66. The molecule has 0 saturated heterocycles. The van der Waals surface area contributed by atoms with Crippen LogP contribution in [0.4, 0.5) is 0 Å². The fourth-order valence-corrected chi connectivity index (χ4v) is 0.891. The molecule has 0 unspecified atom stereocenters. The summed E-state index contributed by atoms with van der Waals surface area (Å²) in [5.74, 6) is 3.19. The van der Waals surface area contributed by atoms with Crippen LogP contribution in [0.15, 0.2) is 0 Å². The summed E-state index contributed by atoms with van der Waals surface area (Å²) in [5.41, 5.74) is 0. The first-order chi connectivity index (χ1) is 5.83. The summed E-state index contributed by atoms with van der Waals surface area (Å²) in [7, 11) is 0. The van der Waals surface area contributed by atoms with E-state index >= 15 is 0 Å². The Hall–Kier alpha value is -1.01. The van der Waals surface area contributed by atoms with Gasteiger partial charge < -0.3 is 5.32 Å². The van der Waals surface area contributed by atoms with Gasteiger partial charge in [0, 0.05) is 6.54 Å². The van der Waals surface area contributed by atoms with Crippen LogP contribution in [0.25, 0.3) is 0 Å². The van der Waals surface area contributed by atoms with E-state index in [1.807, 2.05) is 0 Å². The molecule has 66 valence electrons. The van der Waals surface area contributed by atoms with E-state index in [2.05, 4.69) is 16.6 Å². The van der Waals surface area contributed by atoms with Crippen LogP contribution in [0, 0.1) is 18.3 Å². The van der Waals surface area contributed by atoms with Crippen molar-refractivity contribution in [2.24, 2.45) is 5.92 Å². The van der Waals surface area contributed by atoms with Gasteiger partial charge >= 0.3 is 0 Å². The van der Waals surface area contributed by atoms with Crippen molar-refractivity contribution in [2.45, 2.75) is 12.8 Å². The van der Waals surface area contributed by atoms with E-state index in [0.717, 1.165) is 12.5 Å². The van der Waals surface area contributed by atoms with Crippen LogP contribution in [0.5, 0.6) is 0 Å². The fraction of sp³-hybridized carbons (Fsp3) is 0.667. The number of terminal acetylenes is 1. The average Bonchev–Trinajstić information content (AvgIpc) is 2.84. The van der Waals surface area contributed by atoms with E-state index in [1.54, 1.807) is 0 Å². The molecule has 12 heavy (non-hydrogen) atoms. The Morgan fingerprint density at radius 3 is 2.92 bits per heavy atom. The zero-order valence-corrected chi connectivity index (χ0v) is 7.10. The molecule has 1 fully saturated rings. The molecule has 0 atom stereocenters. The van der Waals surface area contributed by atoms with Crippen molar-refractivity contribution in [3.8, 4) is 12.3 Å². The number of hydrogen-bond acceptors (Lipinski definition) is 2. The number of rotatable bonds is 5. The molecule has 0 aromatic carbocycles. The number of hydrogen-bond donors (Lipinski definition) is 2. The minimum Gasteiger partial charge on any atom is -0.355 e. The normalized spacial score (nSPS) is 15.2. The first kappa shape index (κ1) is 9.08. The van der Waals surface area contributed by atoms with Gasteiger partial charge in [0.2, 0.25) is 5.91 Å². The van der Waals surface area contributed by atoms with Gasteiger partial charge in [-0.3, -0.25) is 10.1 Å². The summed E-state index contributed by atoms with van der Waals surface area (Å²) in [4.78, 5) is 11.0. The molecule has 1 saturated carbocycles. The second kappa shape index (κ2) is 4.78. The molecule has 0 spiro atoms. The van der Waals surface area contributed by atoms with Crippen molar-refractivity contribution in [1.29, 1.82) is 0 Å². The molecule has 1 rings (SSSR count). The van der Waals surface area contributed by atoms with Gasteiger partial charge in [0.15, 0.2) is 0 Å². The standard InChI is InChI=1S/C9H14N2O/c1-2-5-10-7-9(12)11-6-8-3-4-8/h1,8,10H,3-7H2,(H,11,12). The Morgan fingerprint density at radius 2 is 2.33 bits per heavy atom. The second-order valence-corrected chi connectivity index (χ2v) is 3.06. The maximum absolute atomic E-state index is 11.0. The van der Waals surface area contributed by atoms with Gasteiger partial charge in [-0.25, -0.2) is 0 Å². The van der Waals surface area contributed by atoms with Gasteiger partial charge in [0.05, 0.1) is 13.1 Å². The first-order valence-corrected chi connectivity index (χ1v) is 4.24. The van der Waals surface area contributed by atoms with E-state index < -0.39 is 0 Å². The lowest BCUT2D eigenvalue weighted by Gasteiger charge is -2.02. The molecule has 1 aliphatic carbocycles. The zero-order chi connectivity index (χ0) is 8.81. The van der Waals surface area contributed by atoms with E-state index in [9.17, 15) is 4.79 Å². The highest BCUT2D eigenvalue weighted by molar-refractivity contribution is 5.78. The lowest BCUT2D eigenvalue weighted by molar-refractivity contribution is -0.120. The maximum Gasteiger partial charge on any atom is 0.233 e. The SMILES string of the molecule is C#CCNCC(=O)NCC1CC1. The Balaban J connectivity index is 1.92. The van der Waals surface area contributed by atoms with Crippen molar-refractivity contribution in [2.75, 3.05) is 19.6 Å². The molecule has 3 heteroatoms. The van der Waals surface area contributed by atoms with E-state index in [1.165, 1.54) is 12.8 Å². The third-order valence-electron chi connectivity index (χ3n) is 1.80. The highest BCUT2D eigenvalue weighted by Crippen LogP contribution is 2.27. The zero-order valence-electron chi connectivity index (χ0n) is 7.10. The molecule has 0 aliphatic heterocycles. The highest BCUT2D eigenvalue weighted by atomic mass is 16.1. The lowest BCUT2D eigenvalue weighted by Crippen LogP contribution is -2.35. The molecule has 1 amide bonds. The molecule has 1 aliphatic rings. The van der Waals surface area contributed by atoms with Gasteiger partial charge in [0.1, 0.15) is 0 Å². The van der Waals surface area contributed by atoms with Crippen LogP contribution in [-0.2, 0) is 4.79 Å². The molecule has 3 nitrogen and oxygen atoms in total. The molecule has 0 aromatic heterocycles. The van der Waals surface area contributed by atoms with Crippen molar-refractivity contribution >= 4 is 5.91 Å². The van der Waals surface area contributed by atoms with Crippen LogP contribution < -0.4 is 10.6 Å². The highest BCUT2D eigenvalue weighted by Gasteiger charge is 2.21. The van der Waals surface area contributed by atoms with Crippen molar-refractivity contribution < 1.29 is 4.79 Å². The molecule has 0 bridgehead atoms. The minimum absolute atomic E-state index is 0.0390. The minimum atomic E-state index is 0.0390. The summed E-state index contributed by atoms with van der Waals surface area (Å²) in [6, 6.07) is 0. The van der Waals surface area contributed by atoms with Crippen LogP contribution >= 0.6 is 0 Å². The van der Waals surface area contributed by atoms with E-state index in [0.29, 0.717) is 13.1 Å². The van der Waals surface area contributed by atoms with Crippen molar-refractivity contribution in [1.82, 2.24) is 10.6 Å². The number of amides is 1. The number of carbonyl (C=O) groups excluding carboxylic acids is 1. The average molecular weight is 166 g/mol. The monoisotopic (exact) mass is 166 g/mol. The molecular formula is C9H14N2O. The van der Waals surface area contributed by atoms with Crippen LogP contribution in [0.3, 0.4) is 0 Å². The summed E-state index contributed by atoms with van der Waals surface area (Å²) >= 11 is 0. The molecule has 0 heterocycles. The van der Waals surface area contributed by atoms with E-state index in [-0.39, 0.29) is 5.91 Å². The van der Waals surface area contributed by atoms with Gasteiger partial charge in [0.25, 0.3) is 0 Å². The lowest BCUT2D eigenvalue weighted by atomic mass is 10.4. The van der Waals surface area contributed by atoms with Crippen LogP contribution in [-0.4, -0.2) is 25.5 Å². The fourth-order valence-electron chi connectivity index (χ4n) is 0.891. The number of nitrogens with one attached hydrogen (secondary N) is 2. The quantitative estimate of drug-likeness (QED) is 0.436. The Morgan fingerprint density at radius 1 is 1.58 bits per heavy atom. The van der Waals surface area contributed by atoms with Crippen LogP contribution in [0.2, 0.25) is 0 Å². The van der Waals surface area contributed by atoms with Gasteiger partial charge in [-0.05, 0) is 18.8 Å². The Bertz CT molecular complexity index is 191. The summed E-state index contributed by atoms with van der Waals surface area (Å²) in [6.45, 7) is 1.62. The topological polar surface area (TPSA) is 41.1 Å². The van der Waals surface area contributed by atoms with Crippen molar-refractivity contribution in [3.63, 3.8) is 0 Å². The second-order valence-electron chi connectivity index (χ2n) is 3.06. The molecule has 2 N–H and O–H groups in total.